The van der Waals surface area contributed by atoms with Crippen LogP contribution in [0.25, 0.3) is 16.0 Å². The van der Waals surface area contributed by atoms with Crippen LogP contribution in [0.15, 0.2) is 40.9 Å². The zero-order valence-corrected chi connectivity index (χ0v) is 16.5. The van der Waals surface area contributed by atoms with E-state index in [-0.39, 0.29) is 5.82 Å². The summed E-state index contributed by atoms with van der Waals surface area (Å²) in [5, 5.41) is 4.04. The zero-order valence-electron chi connectivity index (χ0n) is 16.5. The van der Waals surface area contributed by atoms with Gasteiger partial charge in [0.1, 0.15) is 11.6 Å². The maximum Gasteiger partial charge on any atom is 0.258 e. The highest BCUT2D eigenvalue weighted by atomic mass is 19.1. The highest BCUT2D eigenvalue weighted by molar-refractivity contribution is 5.76. The van der Waals surface area contributed by atoms with E-state index >= 15 is 0 Å². The average molecular weight is 375 g/mol. The van der Waals surface area contributed by atoms with Gasteiger partial charge in [-0.1, -0.05) is 17.3 Å². The van der Waals surface area contributed by atoms with Gasteiger partial charge in [0.05, 0.1) is 11.4 Å². The molecule has 2 aromatic carbocycles. The SMILES string of the molecule is [C-]#[N+]C1(c2ccc(N(C)c3cc(-c4c(C)noc4C)ccc3C)c(F)c2)CC1. The molecule has 0 N–H and O–H groups in total. The number of anilines is 2. The average Bonchev–Trinajstić information content (AvgIpc) is 3.42. The van der Waals surface area contributed by atoms with E-state index in [1.807, 2.05) is 57.0 Å². The first-order chi connectivity index (χ1) is 13.4. The summed E-state index contributed by atoms with van der Waals surface area (Å²) in [7, 11) is 1.86. The Labute approximate surface area is 164 Å². The van der Waals surface area contributed by atoms with Crippen molar-refractivity contribution in [3.63, 3.8) is 0 Å². The molecule has 1 aromatic heterocycles. The van der Waals surface area contributed by atoms with Crippen molar-refractivity contribution in [2.24, 2.45) is 0 Å². The third kappa shape index (κ3) is 2.86. The topological polar surface area (TPSA) is 33.6 Å². The summed E-state index contributed by atoms with van der Waals surface area (Å²) < 4.78 is 20.2. The van der Waals surface area contributed by atoms with Gasteiger partial charge in [0.15, 0.2) is 0 Å². The second-order valence-corrected chi connectivity index (χ2v) is 7.57. The van der Waals surface area contributed by atoms with Gasteiger partial charge >= 0.3 is 0 Å². The minimum atomic E-state index is -0.503. The fourth-order valence-electron chi connectivity index (χ4n) is 3.80. The molecule has 28 heavy (non-hydrogen) atoms. The molecule has 0 amide bonds. The van der Waals surface area contributed by atoms with Crippen molar-refractivity contribution in [2.45, 2.75) is 39.2 Å². The summed E-state index contributed by atoms with van der Waals surface area (Å²) in [6, 6.07) is 11.3. The van der Waals surface area contributed by atoms with Crippen molar-refractivity contribution < 1.29 is 8.91 Å². The molecular formula is C23H22FN3O. The zero-order chi connectivity index (χ0) is 20.1. The fraction of sp³-hybridized carbons (Fsp3) is 0.304. The Bertz CT molecular complexity index is 1090. The van der Waals surface area contributed by atoms with E-state index < -0.39 is 5.54 Å². The highest BCUT2D eigenvalue weighted by Gasteiger charge is 2.52. The van der Waals surface area contributed by atoms with Crippen LogP contribution in [0.1, 0.15) is 35.4 Å². The lowest BCUT2D eigenvalue weighted by molar-refractivity contribution is 0.393. The molecule has 0 radical (unpaired) electrons. The molecule has 1 heterocycles. The van der Waals surface area contributed by atoms with Crippen LogP contribution < -0.4 is 4.90 Å². The van der Waals surface area contributed by atoms with Gasteiger partial charge in [-0.2, -0.15) is 0 Å². The number of aryl methyl sites for hydroxylation is 3. The molecular weight excluding hydrogens is 353 g/mol. The van der Waals surface area contributed by atoms with Crippen LogP contribution in [0.4, 0.5) is 15.8 Å². The number of benzene rings is 2. The number of rotatable bonds is 4. The van der Waals surface area contributed by atoms with Crippen molar-refractivity contribution in [1.82, 2.24) is 5.16 Å². The van der Waals surface area contributed by atoms with Crippen molar-refractivity contribution in [1.29, 1.82) is 0 Å². The molecule has 142 valence electrons. The van der Waals surface area contributed by atoms with Gasteiger partial charge in [-0.3, -0.25) is 0 Å². The van der Waals surface area contributed by atoms with Gasteiger partial charge in [-0.15, -0.1) is 0 Å². The number of hydrogen-bond donors (Lipinski definition) is 0. The Balaban J connectivity index is 1.73. The molecule has 0 aliphatic heterocycles. The van der Waals surface area contributed by atoms with Gasteiger partial charge in [0.2, 0.25) is 0 Å². The lowest BCUT2D eigenvalue weighted by Crippen LogP contribution is -2.13. The lowest BCUT2D eigenvalue weighted by Gasteiger charge is -2.23. The van der Waals surface area contributed by atoms with Gasteiger partial charge in [-0.05, 0) is 56.2 Å². The summed E-state index contributed by atoms with van der Waals surface area (Å²) in [4.78, 5) is 5.56. The first-order valence-electron chi connectivity index (χ1n) is 9.32. The summed E-state index contributed by atoms with van der Waals surface area (Å²) in [5.41, 5.74) is 5.51. The monoisotopic (exact) mass is 375 g/mol. The Morgan fingerprint density at radius 2 is 1.86 bits per heavy atom. The summed E-state index contributed by atoms with van der Waals surface area (Å²) >= 11 is 0. The molecule has 1 saturated carbocycles. The summed E-state index contributed by atoms with van der Waals surface area (Å²) in [6.45, 7) is 13.2. The predicted molar refractivity (Wildman–Crippen MR) is 108 cm³/mol. The normalized spacial score (nSPS) is 14.6. The van der Waals surface area contributed by atoms with E-state index in [1.54, 1.807) is 6.07 Å². The summed E-state index contributed by atoms with van der Waals surface area (Å²) in [6.07, 6.45) is 1.62. The fourth-order valence-corrected chi connectivity index (χ4v) is 3.80. The van der Waals surface area contributed by atoms with Crippen molar-refractivity contribution >= 4 is 11.4 Å². The number of aromatic nitrogens is 1. The quantitative estimate of drug-likeness (QED) is 0.518. The Kier molecular flexibility index (Phi) is 4.23. The van der Waals surface area contributed by atoms with Gasteiger partial charge < -0.3 is 14.3 Å². The van der Waals surface area contributed by atoms with Crippen LogP contribution in [-0.4, -0.2) is 12.2 Å². The van der Waals surface area contributed by atoms with Gasteiger partial charge in [-0.25, -0.2) is 11.0 Å². The predicted octanol–water partition coefficient (Wildman–Crippen LogP) is 6.08. The van der Waals surface area contributed by atoms with Crippen LogP contribution >= 0.6 is 0 Å². The highest BCUT2D eigenvalue weighted by Crippen LogP contribution is 2.50. The van der Waals surface area contributed by atoms with E-state index in [9.17, 15) is 4.39 Å². The Morgan fingerprint density at radius 1 is 1.11 bits per heavy atom. The summed E-state index contributed by atoms with van der Waals surface area (Å²) in [5.74, 6) is 0.455. The molecule has 0 bridgehead atoms. The number of halogens is 1. The van der Waals surface area contributed by atoms with Crippen molar-refractivity contribution in [2.75, 3.05) is 11.9 Å². The minimum Gasteiger partial charge on any atom is -0.361 e. The van der Waals surface area contributed by atoms with Gasteiger partial charge in [0, 0.05) is 36.7 Å². The lowest BCUT2D eigenvalue weighted by atomic mass is 10.0. The van der Waals surface area contributed by atoms with E-state index in [0.29, 0.717) is 5.69 Å². The molecule has 3 aromatic rings. The van der Waals surface area contributed by atoms with E-state index in [2.05, 4.69) is 10.0 Å². The van der Waals surface area contributed by atoms with Crippen LogP contribution in [0.3, 0.4) is 0 Å². The molecule has 1 aliphatic rings. The van der Waals surface area contributed by atoms with E-state index in [4.69, 9.17) is 11.1 Å². The molecule has 0 spiro atoms. The third-order valence-corrected chi connectivity index (χ3v) is 5.68. The largest absolute Gasteiger partial charge is 0.361 e. The second-order valence-electron chi connectivity index (χ2n) is 7.57. The Hall–Kier alpha value is -3.13. The van der Waals surface area contributed by atoms with Crippen LogP contribution in [0.5, 0.6) is 0 Å². The standard InChI is InChI=1S/C23H22FN3O/c1-14-6-7-17(22-15(2)26-28-16(22)3)12-21(14)27(5)20-9-8-18(13-19(20)24)23(25-4)10-11-23/h6-9,12-13H,10-11H2,1-3,5H3. The number of nitrogens with zero attached hydrogens (tertiary/aromatic N) is 3. The first-order valence-corrected chi connectivity index (χ1v) is 9.32. The van der Waals surface area contributed by atoms with E-state index in [1.165, 1.54) is 6.07 Å². The number of hydrogen-bond acceptors (Lipinski definition) is 3. The minimum absolute atomic E-state index is 0.308. The van der Waals surface area contributed by atoms with Gasteiger partial charge in [0.25, 0.3) is 5.54 Å². The van der Waals surface area contributed by atoms with E-state index in [0.717, 1.165) is 52.2 Å². The smallest absolute Gasteiger partial charge is 0.258 e. The van der Waals surface area contributed by atoms with Crippen LogP contribution in [0, 0.1) is 33.2 Å². The van der Waals surface area contributed by atoms with Crippen molar-refractivity contribution in [3.05, 3.63) is 76.2 Å². The molecule has 4 nitrogen and oxygen atoms in total. The second kappa shape index (κ2) is 6.49. The van der Waals surface area contributed by atoms with Crippen LogP contribution in [-0.2, 0) is 5.54 Å². The third-order valence-electron chi connectivity index (χ3n) is 5.68. The van der Waals surface area contributed by atoms with Crippen molar-refractivity contribution in [3.8, 4) is 11.1 Å². The molecule has 1 fully saturated rings. The molecule has 0 atom stereocenters. The molecule has 0 saturated heterocycles. The molecule has 0 unspecified atom stereocenters. The molecule has 5 heteroatoms. The first kappa shape index (κ1) is 18.2. The molecule has 1 aliphatic carbocycles. The maximum atomic E-state index is 14.9. The maximum absolute atomic E-state index is 14.9. The molecule has 4 rings (SSSR count). The van der Waals surface area contributed by atoms with Crippen LogP contribution in [0.2, 0.25) is 0 Å². The Morgan fingerprint density at radius 3 is 2.43 bits per heavy atom.